The van der Waals surface area contributed by atoms with Crippen molar-refractivity contribution in [2.45, 2.75) is 31.6 Å². The smallest absolute Gasteiger partial charge is 0.203 e. The molecule has 1 fully saturated rings. The zero-order valence-electron chi connectivity index (χ0n) is 11.6. The Kier molecular flexibility index (Phi) is 4.50. The molecular weight excluding hydrogens is 246 g/mol. The lowest BCUT2D eigenvalue weighted by atomic mass is 9.86. The van der Waals surface area contributed by atoms with E-state index in [1.165, 1.54) is 0 Å². The minimum atomic E-state index is -0.0698. The second kappa shape index (κ2) is 6.12. The molecule has 5 nitrogen and oxygen atoms in total. The third-order valence-corrected chi connectivity index (χ3v) is 3.30. The molecular formula is C14H21NO4. The lowest BCUT2D eigenvalue weighted by Gasteiger charge is -2.41. The average molecular weight is 267 g/mol. The third-order valence-electron chi connectivity index (χ3n) is 3.30. The van der Waals surface area contributed by atoms with Crippen molar-refractivity contribution in [2.24, 2.45) is 5.73 Å². The minimum Gasteiger partial charge on any atom is -0.493 e. The van der Waals surface area contributed by atoms with E-state index in [1.807, 2.05) is 25.1 Å². The number of rotatable bonds is 6. The van der Waals surface area contributed by atoms with Gasteiger partial charge in [-0.3, -0.25) is 0 Å². The van der Waals surface area contributed by atoms with Crippen LogP contribution in [-0.2, 0) is 4.74 Å². The first-order chi connectivity index (χ1) is 9.21. The highest BCUT2D eigenvalue weighted by Crippen LogP contribution is 2.40. The van der Waals surface area contributed by atoms with Gasteiger partial charge in [-0.25, -0.2) is 0 Å². The Hall–Kier alpha value is -1.46. The molecule has 2 N–H and O–H groups in total. The predicted molar refractivity (Wildman–Crippen MR) is 72.0 cm³/mol. The van der Waals surface area contributed by atoms with E-state index in [-0.39, 0.29) is 18.2 Å². The molecule has 0 radical (unpaired) electrons. The fraction of sp³-hybridized carbons (Fsp3) is 0.571. The van der Waals surface area contributed by atoms with Crippen molar-refractivity contribution in [1.82, 2.24) is 0 Å². The summed E-state index contributed by atoms with van der Waals surface area (Å²) in [6, 6.07) is 5.57. The molecule has 1 aromatic rings. The van der Waals surface area contributed by atoms with Crippen LogP contribution in [0.3, 0.4) is 0 Å². The summed E-state index contributed by atoms with van der Waals surface area (Å²) in [5.74, 6) is 1.90. The van der Waals surface area contributed by atoms with Crippen LogP contribution in [0.2, 0.25) is 0 Å². The Balaban J connectivity index is 2.14. The van der Waals surface area contributed by atoms with E-state index < -0.39 is 0 Å². The predicted octanol–water partition coefficient (Wildman–Crippen LogP) is 1.59. The van der Waals surface area contributed by atoms with Gasteiger partial charge in [-0.1, -0.05) is 6.07 Å². The lowest BCUT2D eigenvalue weighted by Crippen LogP contribution is -2.59. The van der Waals surface area contributed by atoms with Gasteiger partial charge < -0.3 is 24.7 Å². The van der Waals surface area contributed by atoms with Crippen LogP contribution < -0.4 is 19.9 Å². The van der Waals surface area contributed by atoms with Crippen LogP contribution in [0, 0.1) is 0 Å². The summed E-state index contributed by atoms with van der Waals surface area (Å²) in [7, 11) is 3.21. The topological polar surface area (TPSA) is 62.9 Å². The van der Waals surface area contributed by atoms with Gasteiger partial charge in [0, 0.05) is 19.1 Å². The largest absolute Gasteiger partial charge is 0.493 e. The molecule has 3 unspecified atom stereocenters. The normalized spacial score (nSPS) is 25.6. The molecule has 1 aliphatic carbocycles. The van der Waals surface area contributed by atoms with Crippen LogP contribution in [0.5, 0.6) is 17.2 Å². The first kappa shape index (κ1) is 14.0. The van der Waals surface area contributed by atoms with Crippen molar-refractivity contribution >= 4 is 0 Å². The molecule has 0 aromatic heterocycles. The highest BCUT2D eigenvalue weighted by molar-refractivity contribution is 5.51. The molecule has 106 valence electrons. The molecule has 0 saturated heterocycles. The molecule has 0 heterocycles. The van der Waals surface area contributed by atoms with E-state index in [0.29, 0.717) is 23.9 Å². The second-order valence-electron chi connectivity index (χ2n) is 4.47. The number of hydrogen-bond donors (Lipinski definition) is 1. The van der Waals surface area contributed by atoms with Gasteiger partial charge in [-0.2, -0.15) is 0 Å². The zero-order valence-corrected chi connectivity index (χ0v) is 11.6. The van der Waals surface area contributed by atoms with Gasteiger partial charge in [0.2, 0.25) is 5.75 Å². The summed E-state index contributed by atoms with van der Waals surface area (Å²) in [5.41, 5.74) is 5.93. The number of ether oxygens (including phenoxy) is 4. The summed E-state index contributed by atoms with van der Waals surface area (Å²) in [6.45, 7) is 2.58. The van der Waals surface area contributed by atoms with Gasteiger partial charge in [-0.05, 0) is 19.1 Å². The highest BCUT2D eigenvalue weighted by Gasteiger charge is 2.42. The molecule has 3 atom stereocenters. The van der Waals surface area contributed by atoms with Crippen LogP contribution in [0.25, 0.3) is 0 Å². The number of benzene rings is 1. The standard InChI is InChI=1S/C14H21NO4/c1-4-18-13-9(15)8-12(13)19-14-10(16-2)6-5-7-11(14)17-3/h5-7,9,12-13H,4,8,15H2,1-3H3. The Morgan fingerprint density at radius 2 is 1.84 bits per heavy atom. The molecule has 19 heavy (non-hydrogen) atoms. The Labute approximate surface area is 113 Å². The fourth-order valence-electron chi connectivity index (χ4n) is 2.24. The fourth-order valence-corrected chi connectivity index (χ4v) is 2.24. The van der Waals surface area contributed by atoms with Crippen LogP contribution in [0.1, 0.15) is 13.3 Å². The van der Waals surface area contributed by atoms with E-state index in [1.54, 1.807) is 14.2 Å². The van der Waals surface area contributed by atoms with Crippen molar-refractivity contribution < 1.29 is 18.9 Å². The number of hydrogen-bond acceptors (Lipinski definition) is 5. The minimum absolute atomic E-state index is 0.0330. The summed E-state index contributed by atoms with van der Waals surface area (Å²) < 4.78 is 22.2. The van der Waals surface area contributed by atoms with E-state index in [4.69, 9.17) is 24.7 Å². The van der Waals surface area contributed by atoms with Gasteiger partial charge in [0.25, 0.3) is 0 Å². The van der Waals surface area contributed by atoms with E-state index in [2.05, 4.69) is 0 Å². The molecule has 0 bridgehead atoms. The summed E-state index contributed by atoms with van der Waals surface area (Å²) in [6.07, 6.45) is 0.644. The Bertz CT molecular complexity index is 402. The van der Waals surface area contributed by atoms with Crippen molar-refractivity contribution in [1.29, 1.82) is 0 Å². The van der Waals surface area contributed by atoms with Crippen LogP contribution in [0.15, 0.2) is 18.2 Å². The number of para-hydroxylation sites is 1. The summed E-state index contributed by atoms with van der Waals surface area (Å²) in [5, 5.41) is 0. The van der Waals surface area contributed by atoms with Gasteiger partial charge in [-0.15, -0.1) is 0 Å². The Morgan fingerprint density at radius 1 is 1.21 bits per heavy atom. The van der Waals surface area contributed by atoms with E-state index in [9.17, 15) is 0 Å². The molecule has 0 amide bonds. The first-order valence-electron chi connectivity index (χ1n) is 6.46. The average Bonchev–Trinajstić information content (AvgIpc) is 2.44. The lowest BCUT2D eigenvalue weighted by molar-refractivity contribution is -0.0955. The number of methoxy groups -OCH3 is 2. The molecule has 1 aromatic carbocycles. The SMILES string of the molecule is CCOC1C(N)CC1Oc1c(OC)cccc1OC. The van der Waals surface area contributed by atoms with Gasteiger partial charge in [0.05, 0.1) is 14.2 Å². The van der Waals surface area contributed by atoms with E-state index in [0.717, 1.165) is 6.42 Å². The Morgan fingerprint density at radius 3 is 2.32 bits per heavy atom. The van der Waals surface area contributed by atoms with Gasteiger partial charge in [0.15, 0.2) is 11.5 Å². The van der Waals surface area contributed by atoms with E-state index >= 15 is 0 Å². The molecule has 0 spiro atoms. The maximum absolute atomic E-state index is 5.97. The van der Waals surface area contributed by atoms with Crippen molar-refractivity contribution in [2.75, 3.05) is 20.8 Å². The zero-order chi connectivity index (χ0) is 13.8. The molecule has 1 aliphatic rings. The maximum atomic E-state index is 5.97. The maximum Gasteiger partial charge on any atom is 0.203 e. The monoisotopic (exact) mass is 267 g/mol. The van der Waals surface area contributed by atoms with Crippen molar-refractivity contribution in [3.05, 3.63) is 18.2 Å². The molecule has 2 rings (SSSR count). The molecule has 1 saturated carbocycles. The first-order valence-corrected chi connectivity index (χ1v) is 6.46. The van der Waals surface area contributed by atoms with Crippen LogP contribution >= 0.6 is 0 Å². The second-order valence-corrected chi connectivity index (χ2v) is 4.47. The van der Waals surface area contributed by atoms with Crippen LogP contribution in [-0.4, -0.2) is 39.1 Å². The molecule has 5 heteroatoms. The quantitative estimate of drug-likeness (QED) is 0.848. The van der Waals surface area contributed by atoms with Gasteiger partial charge >= 0.3 is 0 Å². The third kappa shape index (κ3) is 2.77. The summed E-state index contributed by atoms with van der Waals surface area (Å²) in [4.78, 5) is 0. The number of nitrogens with two attached hydrogens (primary N) is 1. The summed E-state index contributed by atoms with van der Waals surface area (Å²) >= 11 is 0. The van der Waals surface area contributed by atoms with Crippen molar-refractivity contribution in [3.63, 3.8) is 0 Å². The highest BCUT2D eigenvalue weighted by atomic mass is 16.6. The van der Waals surface area contributed by atoms with Crippen molar-refractivity contribution in [3.8, 4) is 17.2 Å². The van der Waals surface area contributed by atoms with Crippen LogP contribution in [0.4, 0.5) is 0 Å². The van der Waals surface area contributed by atoms with Gasteiger partial charge in [0.1, 0.15) is 12.2 Å². The molecule has 0 aliphatic heterocycles.